The number of carbonyl (C=O) groups is 1. The first-order chi connectivity index (χ1) is 8.62. The minimum Gasteiger partial charge on any atom is -0.452 e. The lowest BCUT2D eigenvalue weighted by molar-refractivity contribution is -0.407. The summed E-state index contributed by atoms with van der Waals surface area (Å²) < 4.78 is 79.6. The fraction of sp³-hybridized carbons (Fsp3) is 0.700. The second-order valence-electron chi connectivity index (χ2n) is 4.37. The van der Waals surface area contributed by atoms with Crippen molar-refractivity contribution < 1.29 is 46.1 Å². The van der Waals surface area contributed by atoms with Crippen molar-refractivity contribution in [2.75, 3.05) is 6.61 Å². The third-order valence-electron chi connectivity index (χ3n) is 2.52. The maximum absolute atomic E-state index is 12.6. The average molecular weight is 310 g/mol. The zero-order valence-corrected chi connectivity index (χ0v) is 10.4. The van der Waals surface area contributed by atoms with E-state index >= 15 is 0 Å². The molecule has 0 rings (SSSR count). The standard InChI is InChI=1S/C10H12F6O4/c1-5(4-17)6(18)20-7(2,3)8(19,9(11,12)13)10(14,15)16/h17,19H,1,4H2,2-3H3. The summed E-state index contributed by atoms with van der Waals surface area (Å²) in [5.41, 5.74) is -9.43. The Bertz CT molecular complexity index is 382. The van der Waals surface area contributed by atoms with Crippen LogP contribution in [0.1, 0.15) is 13.8 Å². The third kappa shape index (κ3) is 3.06. The van der Waals surface area contributed by atoms with E-state index in [0.717, 1.165) is 0 Å². The van der Waals surface area contributed by atoms with Gasteiger partial charge in [-0.25, -0.2) is 4.79 Å². The van der Waals surface area contributed by atoms with Crippen LogP contribution in [0.15, 0.2) is 12.2 Å². The van der Waals surface area contributed by atoms with E-state index in [1.807, 2.05) is 0 Å². The zero-order chi connectivity index (χ0) is 16.6. The minimum atomic E-state index is -6.14. The second kappa shape index (κ2) is 5.24. The summed E-state index contributed by atoms with van der Waals surface area (Å²) in [6.45, 7) is 2.37. The van der Waals surface area contributed by atoms with Crippen LogP contribution in [0.25, 0.3) is 0 Å². The molecule has 0 fully saturated rings. The van der Waals surface area contributed by atoms with E-state index in [2.05, 4.69) is 11.3 Å². The van der Waals surface area contributed by atoms with Crippen LogP contribution in [0.5, 0.6) is 0 Å². The molecule has 0 spiro atoms. The van der Waals surface area contributed by atoms with Crippen LogP contribution in [0.3, 0.4) is 0 Å². The summed E-state index contributed by atoms with van der Waals surface area (Å²) in [6, 6.07) is 0. The van der Waals surface area contributed by atoms with Gasteiger partial charge in [-0.3, -0.25) is 0 Å². The Morgan fingerprint density at radius 2 is 1.45 bits per heavy atom. The van der Waals surface area contributed by atoms with Crippen molar-refractivity contribution in [2.45, 2.75) is 37.4 Å². The van der Waals surface area contributed by atoms with Gasteiger partial charge >= 0.3 is 18.3 Å². The number of hydrogen-bond acceptors (Lipinski definition) is 4. The zero-order valence-electron chi connectivity index (χ0n) is 10.4. The minimum absolute atomic E-state index is 0.247. The molecule has 118 valence electrons. The van der Waals surface area contributed by atoms with E-state index in [9.17, 15) is 31.1 Å². The van der Waals surface area contributed by atoms with Gasteiger partial charge in [-0.15, -0.1) is 0 Å². The first kappa shape index (κ1) is 18.7. The van der Waals surface area contributed by atoms with E-state index in [1.54, 1.807) is 0 Å². The Hall–Kier alpha value is -1.29. The van der Waals surface area contributed by atoms with Crippen molar-refractivity contribution in [3.63, 3.8) is 0 Å². The predicted octanol–water partition coefficient (Wildman–Crippen LogP) is 1.71. The molecule has 0 aliphatic heterocycles. The van der Waals surface area contributed by atoms with Gasteiger partial charge in [0.05, 0.1) is 12.2 Å². The van der Waals surface area contributed by atoms with Gasteiger partial charge in [0.2, 0.25) is 0 Å². The summed E-state index contributed by atoms with van der Waals surface area (Å²) >= 11 is 0. The number of aliphatic hydroxyl groups is 2. The average Bonchev–Trinajstić information content (AvgIpc) is 2.22. The molecule has 0 atom stereocenters. The van der Waals surface area contributed by atoms with Gasteiger partial charge < -0.3 is 14.9 Å². The molecule has 20 heavy (non-hydrogen) atoms. The highest BCUT2D eigenvalue weighted by Gasteiger charge is 2.78. The molecule has 0 aliphatic carbocycles. The largest absolute Gasteiger partial charge is 0.452 e. The van der Waals surface area contributed by atoms with Crippen LogP contribution >= 0.6 is 0 Å². The molecule has 0 unspecified atom stereocenters. The highest BCUT2D eigenvalue weighted by atomic mass is 19.4. The molecule has 0 aromatic rings. The molecule has 2 N–H and O–H groups in total. The molecule has 0 aromatic heterocycles. The summed E-state index contributed by atoms with van der Waals surface area (Å²) in [5.74, 6) is -1.69. The fourth-order valence-electron chi connectivity index (χ4n) is 1.29. The Labute approximate surface area is 109 Å². The van der Waals surface area contributed by atoms with Crippen molar-refractivity contribution in [3.8, 4) is 0 Å². The van der Waals surface area contributed by atoms with Crippen LogP contribution in [0.4, 0.5) is 26.3 Å². The smallest absolute Gasteiger partial charge is 0.430 e. The molecule has 0 heterocycles. The Morgan fingerprint density at radius 1 is 1.10 bits per heavy atom. The van der Waals surface area contributed by atoms with Gasteiger partial charge in [-0.2, -0.15) is 26.3 Å². The Balaban J connectivity index is 5.72. The Morgan fingerprint density at radius 3 is 1.70 bits per heavy atom. The van der Waals surface area contributed by atoms with E-state index in [4.69, 9.17) is 10.2 Å². The number of esters is 1. The van der Waals surface area contributed by atoms with E-state index < -0.39 is 41.7 Å². The van der Waals surface area contributed by atoms with Gasteiger partial charge in [0, 0.05) is 0 Å². The molecule has 0 saturated heterocycles. The summed E-state index contributed by atoms with van der Waals surface area (Å²) in [6.07, 6.45) is -12.3. The van der Waals surface area contributed by atoms with Gasteiger partial charge in [0.25, 0.3) is 5.60 Å². The van der Waals surface area contributed by atoms with Crippen LogP contribution in [0.2, 0.25) is 0 Å². The number of ether oxygens (including phenoxy) is 1. The highest BCUT2D eigenvalue weighted by molar-refractivity contribution is 5.88. The van der Waals surface area contributed by atoms with Crippen molar-refractivity contribution >= 4 is 5.97 Å². The number of carbonyl (C=O) groups excluding carboxylic acids is 1. The second-order valence-corrected chi connectivity index (χ2v) is 4.37. The molecule has 0 saturated carbocycles. The molecular formula is C10H12F6O4. The first-order valence-electron chi connectivity index (χ1n) is 4.99. The number of alkyl halides is 6. The van der Waals surface area contributed by atoms with Crippen molar-refractivity contribution in [3.05, 3.63) is 12.2 Å². The monoisotopic (exact) mass is 310 g/mol. The number of aliphatic hydroxyl groups excluding tert-OH is 1. The van der Waals surface area contributed by atoms with E-state index in [0.29, 0.717) is 0 Å². The molecule has 4 nitrogen and oxygen atoms in total. The van der Waals surface area contributed by atoms with Crippen molar-refractivity contribution in [1.82, 2.24) is 0 Å². The topological polar surface area (TPSA) is 66.8 Å². The fourth-order valence-corrected chi connectivity index (χ4v) is 1.29. The molecule has 0 bridgehead atoms. The number of halogens is 6. The summed E-state index contributed by atoms with van der Waals surface area (Å²) in [5, 5.41) is 17.6. The van der Waals surface area contributed by atoms with Gasteiger partial charge in [-0.1, -0.05) is 6.58 Å². The predicted molar refractivity (Wildman–Crippen MR) is 53.5 cm³/mol. The van der Waals surface area contributed by atoms with E-state index in [-0.39, 0.29) is 13.8 Å². The van der Waals surface area contributed by atoms with Gasteiger partial charge in [-0.05, 0) is 13.8 Å². The summed E-state index contributed by atoms with van der Waals surface area (Å²) in [4.78, 5) is 11.2. The number of rotatable bonds is 4. The quantitative estimate of drug-likeness (QED) is 0.471. The molecule has 0 amide bonds. The van der Waals surface area contributed by atoms with Crippen LogP contribution in [0, 0.1) is 0 Å². The van der Waals surface area contributed by atoms with Crippen molar-refractivity contribution in [2.24, 2.45) is 0 Å². The summed E-state index contributed by atoms with van der Waals surface area (Å²) in [7, 11) is 0. The maximum atomic E-state index is 12.6. The normalized spacial score (nSPS) is 14.1. The maximum Gasteiger partial charge on any atom is 0.430 e. The van der Waals surface area contributed by atoms with Gasteiger partial charge in [0.15, 0.2) is 5.60 Å². The lowest BCUT2D eigenvalue weighted by atomic mass is 9.84. The SMILES string of the molecule is C=C(CO)C(=O)OC(C)(C)C(O)(C(F)(F)F)C(F)(F)F. The first-order valence-corrected chi connectivity index (χ1v) is 4.99. The molecule has 0 aromatic carbocycles. The molecular weight excluding hydrogens is 298 g/mol. The third-order valence-corrected chi connectivity index (χ3v) is 2.52. The van der Waals surface area contributed by atoms with Crippen LogP contribution in [-0.2, 0) is 9.53 Å². The highest BCUT2D eigenvalue weighted by Crippen LogP contribution is 2.50. The lowest BCUT2D eigenvalue weighted by Crippen LogP contribution is -2.69. The van der Waals surface area contributed by atoms with Crippen LogP contribution < -0.4 is 0 Å². The molecule has 0 aliphatic rings. The van der Waals surface area contributed by atoms with E-state index in [1.165, 1.54) is 0 Å². The van der Waals surface area contributed by atoms with Crippen LogP contribution in [-0.4, -0.2) is 46.3 Å². The molecule has 0 radical (unpaired) electrons. The molecule has 10 heteroatoms. The van der Waals surface area contributed by atoms with Crippen molar-refractivity contribution in [1.29, 1.82) is 0 Å². The lowest BCUT2D eigenvalue weighted by Gasteiger charge is -2.43. The Kier molecular flexibility index (Phi) is 4.91. The van der Waals surface area contributed by atoms with Gasteiger partial charge in [0.1, 0.15) is 0 Å². The number of hydrogen-bond donors (Lipinski definition) is 2.